The average molecular weight is 301 g/mol. The predicted octanol–water partition coefficient (Wildman–Crippen LogP) is 5.21. The molecule has 0 aliphatic heterocycles. The Bertz CT molecular complexity index is 305. The van der Waals surface area contributed by atoms with Gasteiger partial charge in [0.05, 0.1) is 0 Å². The second kappa shape index (κ2) is 7.86. The first-order chi connectivity index (χ1) is 8.11. The molecular formula is C15H22BrF. The van der Waals surface area contributed by atoms with E-state index in [1.807, 2.05) is 12.1 Å². The van der Waals surface area contributed by atoms with Gasteiger partial charge in [0.1, 0.15) is 5.82 Å². The highest BCUT2D eigenvalue weighted by molar-refractivity contribution is 9.09. The van der Waals surface area contributed by atoms with Crippen molar-refractivity contribution < 1.29 is 4.39 Å². The number of rotatable bonds is 7. The molecule has 1 unspecified atom stereocenters. The standard InChI is InChI=1S/C15H22BrF/c1-12(2)4-3-5-14(11-16)10-13-6-8-15(17)9-7-13/h6-9,12,14H,3-5,10-11H2,1-2H3. The van der Waals surface area contributed by atoms with E-state index in [0.29, 0.717) is 5.92 Å². The van der Waals surface area contributed by atoms with Gasteiger partial charge in [-0.15, -0.1) is 0 Å². The lowest BCUT2D eigenvalue weighted by atomic mass is 9.94. The molecule has 96 valence electrons. The summed E-state index contributed by atoms with van der Waals surface area (Å²) in [5.74, 6) is 1.31. The van der Waals surface area contributed by atoms with E-state index in [1.165, 1.54) is 24.8 Å². The maximum Gasteiger partial charge on any atom is 0.123 e. The van der Waals surface area contributed by atoms with Crippen LogP contribution in [0.1, 0.15) is 38.7 Å². The van der Waals surface area contributed by atoms with E-state index in [2.05, 4.69) is 29.8 Å². The van der Waals surface area contributed by atoms with Crippen molar-refractivity contribution in [2.75, 3.05) is 5.33 Å². The van der Waals surface area contributed by atoms with Crippen molar-refractivity contribution in [1.29, 1.82) is 0 Å². The molecule has 1 atom stereocenters. The molecule has 0 N–H and O–H groups in total. The molecule has 0 heterocycles. The van der Waals surface area contributed by atoms with E-state index in [9.17, 15) is 4.39 Å². The highest BCUT2D eigenvalue weighted by atomic mass is 79.9. The maximum absolute atomic E-state index is 12.8. The van der Waals surface area contributed by atoms with Crippen molar-refractivity contribution in [2.24, 2.45) is 11.8 Å². The highest BCUT2D eigenvalue weighted by Gasteiger charge is 2.08. The molecule has 0 aliphatic carbocycles. The van der Waals surface area contributed by atoms with Gasteiger partial charge in [-0.25, -0.2) is 4.39 Å². The third-order valence-corrected chi connectivity index (χ3v) is 3.97. The van der Waals surface area contributed by atoms with Crippen LogP contribution < -0.4 is 0 Å². The minimum absolute atomic E-state index is 0.149. The van der Waals surface area contributed by atoms with Crippen molar-refractivity contribution >= 4 is 15.9 Å². The van der Waals surface area contributed by atoms with Crippen LogP contribution in [-0.2, 0) is 6.42 Å². The van der Waals surface area contributed by atoms with E-state index in [4.69, 9.17) is 0 Å². The zero-order valence-corrected chi connectivity index (χ0v) is 12.3. The minimum Gasteiger partial charge on any atom is -0.207 e. The largest absolute Gasteiger partial charge is 0.207 e. The number of hydrogen-bond acceptors (Lipinski definition) is 0. The Balaban J connectivity index is 2.38. The van der Waals surface area contributed by atoms with Crippen LogP contribution in [0.3, 0.4) is 0 Å². The molecule has 17 heavy (non-hydrogen) atoms. The maximum atomic E-state index is 12.8. The van der Waals surface area contributed by atoms with E-state index in [-0.39, 0.29) is 5.82 Å². The van der Waals surface area contributed by atoms with Gasteiger partial charge in [0.25, 0.3) is 0 Å². The SMILES string of the molecule is CC(C)CCCC(CBr)Cc1ccc(F)cc1. The molecule has 0 bridgehead atoms. The summed E-state index contributed by atoms with van der Waals surface area (Å²) in [6.45, 7) is 4.53. The van der Waals surface area contributed by atoms with Gasteiger partial charge < -0.3 is 0 Å². The number of hydrogen-bond donors (Lipinski definition) is 0. The van der Waals surface area contributed by atoms with Crippen molar-refractivity contribution in [3.8, 4) is 0 Å². The van der Waals surface area contributed by atoms with Gasteiger partial charge in [0.2, 0.25) is 0 Å². The molecule has 0 radical (unpaired) electrons. The first kappa shape index (κ1) is 14.7. The summed E-state index contributed by atoms with van der Waals surface area (Å²) in [5.41, 5.74) is 1.24. The lowest BCUT2D eigenvalue weighted by Crippen LogP contribution is -2.07. The Kier molecular flexibility index (Phi) is 6.79. The van der Waals surface area contributed by atoms with Crippen LogP contribution in [0.15, 0.2) is 24.3 Å². The third kappa shape index (κ3) is 6.21. The number of halogens is 2. The zero-order chi connectivity index (χ0) is 12.7. The first-order valence-corrected chi connectivity index (χ1v) is 7.54. The van der Waals surface area contributed by atoms with Gasteiger partial charge in [0.15, 0.2) is 0 Å². The third-order valence-electron chi connectivity index (χ3n) is 3.05. The Morgan fingerprint density at radius 3 is 2.29 bits per heavy atom. The van der Waals surface area contributed by atoms with E-state index >= 15 is 0 Å². The number of alkyl halides is 1. The van der Waals surface area contributed by atoms with Crippen LogP contribution in [0.4, 0.5) is 4.39 Å². The second-order valence-corrected chi connectivity index (χ2v) is 5.82. The molecule has 1 rings (SSSR count). The summed E-state index contributed by atoms with van der Waals surface area (Å²) in [5, 5.41) is 1.03. The first-order valence-electron chi connectivity index (χ1n) is 6.42. The van der Waals surface area contributed by atoms with Gasteiger partial charge >= 0.3 is 0 Å². The van der Waals surface area contributed by atoms with Gasteiger partial charge in [-0.1, -0.05) is 54.8 Å². The highest BCUT2D eigenvalue weighted by Crippen LogP contribution is 2.19. The van der Waals surface area contributed by atoms with E-state index in [1.54, 1.807) is 12.1 Å². The summed E-state index contributed by atoms with van der Waals surface area (Å²) in [6, 6.07) is 6.89. The molecule has 0 saturated carbocycles. The van der Waals surface area contributed by atoms with E-state index in [0.717, 1.165) is 17.7 Å². The van der Waals surface area contributed by atoms with Crippen LogP contribution in [0.25, 0.3) is 0 Å². The monoisotopic (exact) mass is 300 g/mol. The summed E-state index contributed by atoms with van der Waals surface area (Å²) < 4.78 is 12.8. The van der Waals surface area contributed by atoms with Crippen LogP contribution in [0.2, 0.25) is 0 Å². The number of benzene rings is 1. The van der Waals surface area contributed by atoms with Crippen molar-refractivity contribution in [3.05, 3.63) is 35.6 Å². The van der Waals surface area contributed by atoms with Gasteiger partial charge in [-0.3, -0.25) is 0 Å². The smallest absolute Gasteiger partial charge is 0.123 e. The van der Waals surface area contributed by atoms with Crippen LogP contribution in [-0.4, -0.2) is 5.33 Å². The lowest BCUT2D eigenvalue weighted by molar-refractivity contribution is 0.462. The average Bonchev–Trinajstić information content (AvgIpc) is 2.30. The van der Waals surface area contributed by atoms with Crippen LogP contribution in [0, 0.1) is 17.7 Å². The van der Waals surface area contributed by atoms with Crippen LogP contribution in [0.5, 0.6) is 0 Å². The van der Waals surface area contributed by atoms with Gasteiger partial charge in [-0.05, 0) is 42.4 Å². The molecule has 0 fully saturated rings. The minimum atomic E-state index is -0.149. The predicted molar refractivity (Wildman–Crippen MR) is 76.1 cm³/mol. The Morgan fingerprint density at radius 1 is 1.12 bits per heavy atom. The molecule has 1 aromatic carbocycles. The molecular weight excluding hydrogens is 279 g/mol. The molecule has 0 spiro atoms. The van der Waals surface area contributed by atoms with E-state index < -0.39 is 0 Å². The Hall–Kier alpha value is -0.370. The second-order valence-electron chi connectivity index (χ2n) is 5.18. The molecule has 0 saturated heterocycles. The van der Waals surface area contributed by atoms with Gasteiger partial charge in [-0.2, -0.15) is 0 Å². The lowest BCUT2D eigenvalue weighted by Gasteiger charge is -2.14. The van der Waals surface area contributed by atoms with Crippen LogP contribution >= 0.6 is 15.9 Å². The molecule has 0 aromatic heterocycles. The fourth-order valence-electron chi connectivity index (χ4n) is 2.00. The molecule has 2 heteroatoms. The topological polar surface area (TPSA) is 0 Å². The van der Waals surface area contributed by atoms with Crippen molar-refractivity contribution in [3.63, 3.8) is 0 Å². The van der Waals surface area contributed by atoms with Crippen molar-refractivity contribution in [1.82, 2.24) is 0 Å². The summed E-state index contributed by atoms with van der Waals surface area (Å²) >= 11 is 3.58. The molecule has 0 amide bonds. The molecule has 1 aromatic rings. The normalized spacial score (nSPS) is 13.0. The van der Waals surface area contributed by atoms with Crippen molar-refractivity contribution in [2.45, 2.75) is 39.5 Å². The quantitative estimate of drug-likeness (QED) is 0.607. The molecule has 0 nitrogen and oxygen atoms in total. The zero-order valence-electron chi connectivity index (χ0n) is 10.8. The fourth-order valence-corrected chi connectivity index (χ4v) is 2.56. The summed E-state index contributed by atoms with van der Waals surface area (Å²) in [7, 11) is 0. The van der Waals surface area contributed by atoms with Gasteiger partial charge in [0, 0.05) is 5.33 Å². The summed E-state index contributed by atoms with van der Waals surface area (Å²) in [6.07, 6.45) is 4.88. The Labute approximate surface area is 113 Å². The summed E-state index contributed by atoms with van der Waals surface area (Å²) in [4.78, 5) is 0. The Morgan fingerprint density at radius 2 is 1.76 bits per heavy atom. The fraction of sp³-hybridized carbons (Fsp3) is 0.600. The molecule has 0 aliphatic rings.